The summed E-state index contributed by atoms with van der Waals surface area (Å²) in [5.41, 5.74) is 0. The SMILES string of the molecule is COc1ccc(OCCCC(=O)OCC(=O)NC(=O)c2cccs2)cc1. The van der Waals surface area contributed by atoms with E-state index in [2.05, 4.69) is 5.32 Å². The third-order valence-electron chi connectivity index (χ3n) is 3.22. The number of carbonyl (C=O) groups is 3. The Kier molecular flexibility index (Phi) is 7.63. The van der Waals surface area contributed by atoms with Gasteiger partial charge in [-0.05, 0) is 42.1 Å². The third kappa shape index (κ3) is 6.56. The largest absolute Gasteiger partial charge is 0.497 e. The summed E-state index contributed by atoms with van der Waals surface area (Å²) in [6.45, 7) is -0.153. The summed E-state index contributed by atoms with van der Waals surface area (Å²) < 4.78 is 15.4. The second kappa shape index (κ2) is 10.2. The van der Waals surface area contributed by atoms with Crippen molar-refractivity contribution < 1.29 is 28.6 Å². The van der Waals surface area contributed by atoms with Crippen molar-refractivity contribution in [2.45, 2.75) is 12.8 Å². The van der Waals surface area contributed by atoms with Crippen LogP contribution in [0, 0.1) is 0 Å². The lowest BCUT2D eigenvalue weighted by molar-refractivity contribution is -0.148. The first-order valence-corrected chi connectivity index (χ1v) is 8.76. The second-order valence-corrected chi connectivity index (χ2v) is 6.09. The van der Waals surface area contributed by atoms with E-state index in [9.17, 15) is 14.4 Å². The highest BCUT2D eigenvalue weighted by Gasteiger charge is 2.13. The van der Waals surface area contributed by atoms with Gasteiger partial charge in [0, 0.05) is 6.42 Å². The van der Waals surface area contributed by atoms with Gasteiger partial charge < -0.3 is 14.2 Å². The number of hydrogen-bond donors (Lipinski definition) is 1. The molecule has 0 bridgehead atoms. The molecule has 26 heavy (non-hydrogen) atoms. The lowest BCUT2D eigenvalue weighted by atomic mass is 10.3. The lowest BCUT2D eigenvalue weighted by Gasteiger charge is -2.07. The fourth-order valence-electron chi connectivity index (χ4n) is 1.93. The molecule has 0 saturated heterocycles. The van der Waals surface area contributed by atoms with E-state index in [4.69, 9.17) is 14.2 Å². The topological polar surface area (TPSA) is 90.9 Å². The third-order valence-corrected chi connectivity index (χ3v) is 4.08. The summed E-state index contributed by atoms with van der Waals surface area (Å²) in [6.07, 6.45) is 0.558. The number of methoxy groups -OCH3 is 1. The van der Waals surface area contributed by atoms with Crippen LogP contribution in [-0.4, -0.2) is 38.1 Å². The average Bonchev–Trinajstić information content (AvgIpc) is 3.19. The lowest BCUT2D eigenvalue weighted by Crippen LogP contribution is -2.33. The summed E-state index contributed by atoms with van der Waals surface area (Å²) in [7, 11) is 1.58. The van der Waals surface area contributed by atoms with Crippen LogP contribution >= 0.6 is 11.3 Å². The normalized spacial score (nSPS) is 10.0. The quantitative estimate of drug-likeness (QED) is 0.533. The minimum Gasteiger partial charge on any atom is -0.497 e. The highest BCUT2D eigenvalue weighted by atomic mass is 32.1. The summed E-state index contributed by atoms with van der Waals surface area (Å²) in [5.74, 6) is -0.287. The van der Waals surface area contributed by atoms with Crippen molar-refractivity contribution >= 4 is 29.1 Å². The van der Waals surface area contributed by atoms with Crippen LogP contribution in [0.2, 0.25) is 0 Å². The van der Waals surface area contributed by atoms with Gasteiger partial charge in [-0.1, -0.05) is 6.07 Å². The van der Waals surface area contributed by atoms with Crippen LogP contribution in [0.15, 0.2) is 41.8 Å². The van der Waals surface area contributed by atoms with Gasteiger partial charge in [-0.2, -0.15) is 0 Å². The Bertz CT molecular complexity index is 727. The van der Waals surface area contributed by atoms with E-state index in [0.29, 0.717) is 23.7 Å². The molecule has 2 aromatic rings. The molecule has 0 aliphatic rings. The molecule has 138 valence electrons. The zero-order chi connectivity index (χ0) is 18.8. The molecule has 2 amide bonds. The van der Waals surface area contributed by atoms with Crippen LogP contribution in [0.25, 0.3) is 0 Å². The Balaban J connectivity index is 1.58. The Morgan fingerprint density at radius 3 is 2.46 bits per heavy atom. The van der Waals surface area contributed by atoms with Crippen LogP contribution < -0.4 is 14.8 Å². The van der Waals surface area contributed by atoms with Gasteiger partial charge in [0.15, 0.2) is 6.61 Å². The smallest absolute Gasteiger partial charge is 0.306 e. The van der Waals surface area contributed by atoms with Gasteiger partial charge in [0.05, 0.1) is 18.6 Å². The van der Waals surface area contributed by atoms with E-state index in [0.717, 1.165) is 5.75 Å². The Morgan fingerprint density at radius 1 is 1.08 bits per heavy atom. The number of rotatable bonds is 9. The van der Waals surface area contributed by atoms with Crippen LogP contribution in [0.5, 0.6) is 11.5 Å². The fourth-order valence-corrected chi connectivity index (χ4v) is 2.55. The Hall–Kier alpha value is -2.87. The molecule has 8 heteroatoms. The minimum atomic E-state index is -0.661. The fraction of sp³-hybridized carbons (Fsp3) is 0.278. The Morgan fingerprint density at radius 2 is 1.81 bits per heavy atom. The zero-order valence-corrected chi connectivity index (χ0v) is 15.0. The molecule has 0 radical (unpaired) electrons. The molecule has 7 nitrogen and oxygen atoms in total. The molecule has 1 aromatic heterocycles. The maximum absolute atomic E-state index is 11.7. The molecule has 0 aliphatic heterocycles. The predicted molar refractivity (Wildman–Crippen MR) is 95.5 cm³/mol. The van der Waals surface area contributed by atoms with E-state index < -0.39 is 24.4 Å². The van der Waals surface area contributed by atoms with Gasteiger partial charge in [-0.25, -0.2) is 0 Å². The molecule has 1 heterocycles. The van der Waals surface area contributed by atoms with Crippen molar-refractivity contribution in [2.75, 3.05) is 20.3 Å². The number of benzene rings is 1. The monoisotopic (exact) mass is 377 g/mol. The number of thiophene rings is 1. The second-order valence-electron chi connectivity index (χ2n) is 5.14. The summed E-state index contributed by atoms with van der Waals surface area (Å²) in [6, 6.07) is 10.4. The number of amides is 2. The van der Waals surface area contributed by atoms with Crippen molar-refractivity contribution in [3.63, 3.8) is 0 Å². The summed E-state index contributed by atoms with van der Waals surface area (Å²) in [5, 5.41) is 3.89. The first kappa shape index (κ1) is 19.5. The van der Waals surface area contributed by atoms with Gasteiger partial charge in [-0.15, -0.1) is 11.3 Å². The molecule has 2 rings (SSSR count). The van der Waals surface area contributed by atoms with E-state index in [1.807, 2.05) is 0 Å². The van der Waals surface area contributed by atoms with Gasteiger partial charge >= 0.3 is 5.97 Å². The number of carbonyl (C=O) groups excluding carboxylic acids is 3. The Labute approximate surface area is 154 Å². The maximum atomic E-state index is 11.7. The van der Waals surface area contributed by atoms with Gasteiger partial charge in [-0.3, -0.25) is 19.7 Å². The molecule has 0 fully saturated rings. The molecule has 0 aliphatic carbocycles. The van der Waals surface area contributed by atoms with Crippen LogP contribution in [-0.2, 0) is 14.3 Å². The van der Waals surface area contributed by atoms with Gasteiger partial charge in [0.2, 0.25) is 0 Å². The zero-order valence-electron chi connectivity index (χ0n) is 14.2. The number of imide groups is 1. The van der Waals surface area contributed by atoms with E-state index in [1.54, 1.807) is 48.9 Å². The number of hydrogen-bond acceptors (Lipinski definition) is 7. The number of ether oxygens (including phenoxy) is 3. The first-order valence-electron chi connectivity index (χ1n) is 7.88. The minimum absolute atomic E-state index is 0.113. The molecule has 0 saturated carbocycles. The number of nitrogens with one attached hydrogen (secondary N) is 1. The van der Waals surface area contributed by atoms with Crippen molar-refractivity contribution in [2.24, 2.45) is 0 Å². The molecule has 1 aromatic carbocycles. The summed E-state index contributed by atoms with van der Waals surface area (Å²) in [4.78, 5) is 35.3. The van der Waals surface area contributed by atoms with E-state index in [1.165, 1.54) is 11.3 Å². The standard InChI is InChI=1S/C18H19NO6S/c1-23-13-6-8-14(9-7-13)24-10-2-5-17(21)25-12-16(20)19-18(22)15-4-3-11-26-15/h3-4,6-9,11H,2,5,10,12H2,1H3,(H,19,20,22). The van der Waals surface area contributed by atoms with Crippen molar-refractivity contribution in [1.29, 1.82) is 0 Å². The van der Waals surface area contributed by atoms with Crippen molar-refractivity contribution in [1.82, 2.24) is 5.32 Å². The molecule has 0 atom stereocenters. The van der Waals surface area contributed by atoms with E-state index in [-0.39, 0.29) is 6.42 Å². The van der Waals surface area contributed by atoms with Crippen molar-refractivity contribution in [3.05, 3.63) is 46.7 Å². The predicted octanol–water partition coefficient (Wildman–Crippen LogP) is 2.42. The molecular weight excluding hydrogens is 358 g/mol. The van der Waals surface area contributed by atoms with Crippen LogP contribution in [0.4, 0.5) is 0 Å². The molecule has 0 spiro atoms. The first-order chi connectivity index (χ1) is 12.6. The highest BCUT2D eigenvalue weighted by Crippen LogP contribution is 2.17. The van der Waals surface area contributed by atoms with Crippen LogP contribution in [0.1, 0.15) is 22.5 Å². The van der Waals surface area contributed by atoms with Crippen molar-refractivity contribution in [3.8, 4) is 11.5 Å². The van der Waals surface area contributed by atoms with E-state index >= 15 is 0 Å². The summed E-state index contributed by atoms with van der Waals surface area (Å²) >= 11 is 1.22. The van der Waals surface area contributed by atoms with Gasteiger partial charge in [0.25, 0.3) is 11.8 Å². The molecule has 1 N–H and O–H groups in total. The number of esters is 1. The molecule has 0 unspecified atom stereocenters. The molecular formula is C18H19NO6S. The highest BCUT2D eigenvalue weighted by molar-refractivity contribution is 7.12. The van der Waals surface area contributed by atoms with Crippen LogP contribution in [0.3, 0.4) is 0 Å². The average molecular weight is 377 g/mol. The maximum Gasteiger partial charge on any atom is 0.306 e. The van der Waals surface area contributed by atoms with Gasteiger partial charge in [0.1, 0.15) is 11.5 Å².